The lowest BCUT2D eigenvalue weighted by Crippen LogP contribution is -2.49. The third-order valence-electron chi connectivity index (χ3n) is 5.72. The van der Waals surface area contributed by atoms with Crippen LogP contribution in [-0.2, 0) is 0 Å². The van der Waals surface area contributed by atoms with E-state index >= 15 is 0 Å². The van der Waals surface area contributed by atoms with Gasteiger partial charge in [-0.05, 0) is 58.1 Å². The van der Waals surface area contributed by atoms with Crippen molar-refractivity contribution < 1.29 is 4.79 Å². The quantitative estimate of drug-likeness (QED) is 0.556. The Bertz CT molecular complexity index is 769. The number of halogens is 2. The van der Waals surface area contributed by atoms with Crippen LogP contribution in [0.3, 0.4) is 0 Å². The fourth-order valence-corrected chi connectivity index (χ4v) is 4.66. The van der Waals surface area contributed by atoms with E-state index in [1.165, 1.54) is 5.57 Å². The number of carbonyl (C=O) groups is 1. The van der Waals surface area contributed by atoms with Crippen LogP contribution in [0.25, 0.3) is 0 Å². The monoisotopic (exact) mass is 452 g/mol. The summed E-state index contributed by atoms with van der Waals surface area (Å²) in [5, 5.41) is 10.8. The zero-order chi connectivity index (χ0) is 21.7. The summed E-state index contributed by atoms with van der Waals surface area (Å²) in [6.07, 6.45) is 6.06. The van der Waals surface area contributed by atoms with Crippen molar-refractivity contribution in [3.05, 3.63) is 45.5 Å². The molecule has 1 saturated heterocycles. The van der Waals surface area contributed by atoms with Gasteiger partial charge in [0.15, 0.2) is 0 Å². The highest BCUT2D eigenvalue weighted by Gasteiger charge is 2.27. The Morgan fingerprint density at radius 2 is 2.00 bits per heavy atom. The largest absolute Gasteiger partial charge is 0.335 e. The molecule has 1 aliphatic heterocycles. The molecule has 1 fully saturated rings. The Morgan fingerprint density at radius 3 is 2.63 bits per heavy atom. The van der Waals surface area contributed by atoms with Crippen molar-refractivity contribution in [2.75, 3.05) is 26.2 Å². The summed E-state index contributed by atoms with van der Waals surface area (Å²) >= 11 is 12.9. The Hall–Kier alpha value is -1.27. The minimum absolute atomic E-state index is 0.0891. The van der Waals surface area contributed by atoms with E-state index in [1.54, 1.807) is 0 Å². The lowest BCUT2D eigenvalue weighted by Gasteiger charge is -2.37. The molecular formula is C23H34Cl2N4O. The summed E-state index contributed by atoms with van der Waals surface area (Å²) in [5.41, 5.74) is 2.31. The Balaban J connectivity index is 1.67. The molecule has 2 aliphatic rings. The molecule has 2 unspecified atom stereocenters. The van der Waals surface area contributed by atoms with Crippen molar-refractivity contribution in [3.8, 4) is 0 Å². The number of benzene rings is 1. The standard InChI is InChI=1S/C23H34Cl2N4O/c1-23(2,3)28-22(30)27-17-9-7-16(8-10-17)15-20(29-13-11-26-12-14-29)18-5-4-6-19(24)21(18)25/h4-7,17,20,26H,8-15H2,1-3H3,(H2,27,28,30). The molecular weight excluding hydrogens is 419 g/mol. The predicted octanol–water partition coefficient (Wildman–Crippen LogP) is 4.91. The average molecular weight is 453 g/mol. The second kappa shape index (κ2) is 10.4. The number of amides is 2. The van der Waals surface area contributed by atoms with E-state index in [-0.39, 0.29) is 23.7 Å². The first-order chi connectivity index (χ1) is 14.2. The molecule has 1 aliphatic carbocycles. The first-order valence-electron chi connectivity index (χ1n) is 10.9. The second-order valence-corrected chi connectivity index (χ2v) is 10.1. The maximum atomic E-state index is 12.2. The molecule has 0 bridgehead atoms. The summed E-state index contributed by atoms with van der Waals surface area (Å²) in [6, 6.07) is 6.25. The molecule has 3 rings (SSSR count). The molecule has 0 spiro atoms. The van der Waals surface area contributed by atoms with E-state index in [1.807, 2.05) is 32.9 Å². The number of piperazine rings is 1. The van der Waals surface area contributed by atoms with E-state index in [2.05, 4.69) is 33.0 Å². The number of hydrogen-bond donors (Lipinski definition) is 3. The smallest absolute Gasteiger partial charge is 0.315 e. The molecule has 166 valence electrons. The van der Waals surface area contributed by atoms with Gasteiger partial charge in [0.25, 0.3) is 0 Å². The topological polar surface area (TPSA) is 56.4 Å². The maximum absolute atomic E-state index is 12.2. The van der Waals surface area contributed by atoms with Gasteiger partial charge in [0.1, 0.15) is 0 Å². The van der Waals surface area contributed by atoms with Gasteiger partial charge in [0.2, 0.25) is 0 Å². The van der Waals surface area contributed by atoms with Crippen LogP contribution in [-0.4, -0.2) is 48.7 Å². The van der Waals surface area contributed by atoms with Crippen molar-refractivity contribution in [2.24, 2.45) is 0 Å². The van der Waals surface area contributed by atoms with Gasteiger partial charge in [-0.2, -0.15) is 0 Å². The van der Waals surface area contributed by atoms with Crippen LogP contribution < -0.4 is 16.0 Å². The van der Waals surface area contributed by atoms with Crippen molar-refractivity contribution in [2.45, 2.75) is 64.1 Å². The number of urea groups is 1. The molecule has 30 heavy (non-hydrogen) atoms. The van der Waals surface area contributed by atoms with Gasteiger partial charge in [0.05, 0.1) is 10.0 Å². The molecule has 7 heteroatoms. The Labute approximate surface area is 190 Å². The minimum Gasteiger partial charge on any atom is -0.335 e. The Morgan fingerprint density at radius 1 is 1.27 bits per heavy atom. The lowest BCUT2D eigenvalue weighted by atomic mass is 9.88. The number of hydrogen-bond acceptors (Lipinski definition) is 3. The molecule has 1 aromatic rings. The summed E-state index contributed by atoms with van der Waals surface area (Å²) < 4.78 is 0. The highest BCUT2D eigenvalue weighted by molar-refractivity contribution is 6.42. The van der Waals surface area contributed by atoms with Crippen LogP contribution >= 0.6 is 23.2 Å². The predicted molar refractivity (Wildman–Crippen MR) is 125 cm³/mol. The van der Waals surface area contributed by atoms with Crippen LogP contribution in [0.1, 0.15) is 58.1 Å². The van der Waals surface area contributed by atoms with Gasteiger partial charge in [-0.1, -0.05) is 47.0 Å². The van der Waals surface area contributed by atoms with Gasteiger partial charge < -0.3 is 16.0 Å². The summed E-state index contributed by atoms with van der Waals surface area (Å²) in [6.45, 7) is 9.94. The van der Waals surface area contributed by atoms with Crippen LogP contribution in [0.5, 0.6) is 0 Å². The van der Waals surface area contributed by atoms with E-state index in [9.17, 15) is 4.79 Å². The second-order valence-electron chi connectivity index (χ2n) is 9.33. The molecule has 2 amide bonds. The van der Waals surface area contributed by atoms with E-state index in [4.69, 9.17) is 23.2 Å². The van der Waals surface area contributed by atoms with E-state index in [0.29, 0.717) is 10.0 Å². The molecule has 0 aromatic heterocycles. The number of nitrogens with zero attached hydrogens (tertiary/aromatic N) is 1. The fraction of sp³-hybridized carbons (Fsp3) is 0.609. The summed E-state index contributed by atoms with van der Waals surface area (Å²) in [7, 11) is 0. The number of carbonyl (C=O) groups excluding carboxylic acids is 1. The summed E-state index contributed by atoms with van der Waals surface area (Å²) in [5.74, 6) is 0. The normalized spacial score (nSPS) is 21.6. The number of nitrogens with one attached hydrogen (secondary N) is 3. The highest BCUT2D eigenvalue weighted by atomic mass is 35.5. The molecule has 1 aromatic carbocycles. The third-order valence-corrected chi connectivity index (χ3v) is 6.55. The van der Waals surface area contributed by atoms with Gasteiger partial charge in [0, 0.05) is 43.8 Å². The fourth-order valence-electron chi connectivity index (χ4n) is 4.22. The van der Waals surface area contributed by atoms with Crippen LogP contribution in [0.2, 0.25) is 10.0 Å². The van der Waals surface area contributed by atoms with Crippen molar-refractivity contribution >= 4 is 29.2 Å². The first kappa shape index (κ1) is 23.4. The molecule has 3 N–H and O–H groups in total. The zero-order valence-electron chi connectivity index (χ0n) is 18.2. The van der Waals surface area contributed by atoms with Crippen molar-refractivity contribution in [3.63, 3.8) is 0 Å². The van der Waals surface area contributed by atoms with Crippen LogP contribution in [0, 0.1) is 0 Å². The lowest BCUT2D eigenvalue weighted by molar-refractivity contribution is 0.171. The first-order valence-corrected chi connectivity index (χ1v) is 11.6. The molecule has 1 heterocycles. The van der Waals surface area contributed by atoms with Gasteiger partial charge >= 0.3 is 6.03 Å². The van der Waals surface area contributed by atoms with Crippen molar-refractivity contribution in [1.82, 2.24) is 20.9 Å². The van der Waals surface area contributed by atoms with Crippen LogP contribution in [0.4, 0.5) is 4.79 Å². The molecule has 0 saturated carbocycles. The van der Waals surface area contributed by atoms with E-state index in [0.717, 1.165) is 57.4 Å². The van der Waals surface area contributed by atoms with Crippen molar-refractivity contribution in [1.29, 1.82) is 0 Å². The third kappa shape index (κ3) is 6.61. The van der Waals surface area contributed by atoms with Crippen LogP contribution in [0.15, 0.2) is 29.8 Å². The molecule has 0 radical (unpaired) electrons. The zero-order valence-corrected chi connectivity index (χ0v) is 19.7. The SMILES string of the molecule is CC(C)(C)NC(=O)NC1CC=C(CC(c2cccc(Cl)c2Cl)N2CCNCC2)CC1. The Kier molecular flexibility index (Phi) is 8.08. The maximum Gasteiger partial charge on any atom is 0.315 e. The molecule has 2 atom stereocenters. The highest BCUT2D eigenvalue weighted by Crippen LogP contribution is 2.38. The van der Waals surface area contributed by atoms with Gasteiger partial charge in [-0.25, -0.2) is 4.79 Å². The van der Waals surface area contributed by atoms with Gasteiger partial charge in [-0.3, -0.25) is 4.90 Å². The average Bonchev–Trinajstić information content (AvgIpc) is 2.69. The van der Waals surface area contributed by atoms with Gasteiger partial charge in [-0.15, -0.1) is 0 Å². The summed E-state index contributed by atoms with van der Waals surface area (Å²) in [4.78, 5) is 14.7. The van der Waals surface area contributed by atoms with E-state index < -0.39 is 0 Å². The minimum atomic E-state index is -0.230. The molecule has 5 nitrogen and oxygen atoms in total. The number of rotatable bonds is 5.